The molecule has 2 N–H and O–H groups in total. The summed E-state index contributed by atoms with van der Waals surface area (Å²) in [7, 11) is -6.16. The van der Waals surface area contributed by atoms with Gasteiger partial charge in [-0.2, -0.15) is 4.31 Å². The van der Waals surface area contributed by atoms with Gasteiger partial charge in [0.15, 0.2) is 5.76 Å². The molecule has 0 amide bonds. The molecule has 0 aliphatic heterocycles. The van der Waals surface area contributed by atoms with Gasteiger partial charge in [-0.25, -0.2) is 22.0 Å². The highest BCUT2D eigenvalue weighted by Crippen LogP contribution is 2.29. The molecule has 0 aliphatic rings. The molecule has 0 bridgehead atoms. The molecule has 1 heterocycles. The Morgan fingerprint density at radius 2 is 1.67 bits per heavy atom. The van der Waals surface area contributed by atoms with E-state index in [9.17, 15) is 16.8 Å². The number of nitrogens with zero attached hydrogens (tertiary/aromatic N) is 2. The molecule has 1 aromatic carbocycles. The summed E-state index contributed by atoms with van der Waals surface area (Å²) >= 11 is 0. The molecule has 0 fully saturated rings. The van der Waals surface area contributed by atoms with Crippen molar-refractivity contribution in [3.8, 4) is 0 Å². The fourth-order valence-corrected chi connectivity index (χ4v) is 4.49. The Kier molecular flexibility index (Phi) is 4.86. The molecule has 0 aliphatic carbocycles. The molecule has 10 heteroatoms. The molecule has 2 rings (SSSR count). The highest BCUT2D eigenvalue weighted by atomic mass is 32.2. The van der Waals surface area contributed by atoms with Gasteiger partial charge in [-0.1, -0.05) is 17.3 Å². The summed E-state index contributed by atoms with van der Waals surface area (Å²) in [6.07, 6.45) is 0. The Morgan fingerprint density at radius 1 is 1.12 bits per heavy atom. The van der Waals surface area contributed by atoms with E-state index in [4.69, 9.17) is 9.66 Å². The fourth-order valence-electron chi connectivity index (χ4n) is 2.34. The first-order chi connectivity index (χ1) is 11.0. The summed E-state index contributed by atoms with van der Waals surface area (Å²) in [5.74, 6) is 0.219. The maximum absolute atomic E-state index is 12.8. The number of aryl methyl sites for hydroxylation is 2. The van der Waals surface area contributed by atoms with E-state index in [0.717, 1.165) is 0 Å². The lowest BCUT2D eigenvalue weighted by Crippen LogP contribution is -2.30. The molecule has 1 aromatic heterocycles. The summed E-state index contributed by atoms with van der Waals surface area (Å²) in [4.78, 5) is 0.00712. The van der Waals surface area contributed by atoms with Gasteiger partial charge in [-0.15, -0.1) is 0 Å². The number of primary sulfonamides is 1. The molecular weight excluding hydrogens is 354 g/mol. The molecule has 1 unspecified atom stereocenters. The lowest BCUT2D eigenvalue weighted by atomic mass is 10.1. The zero-order valence-corrected chi connectivity index (χ0v) is 15.3. The van der Waals surface area contributed by atoms with Gasteiger partial charge in [0.2, 0.25) is 20.0 Å². The first-order valence-electron chi connectivity index (χ1n) is 7.00. The van der Waals surface area contributed by atoms with Gasteiger partial charge in [0.05, 0.1) is 4.90 Å². The van der Waals surface area contributed by atoms with Crippen molar-refractivity contribution in [1.29, 1.82) is 0 Å². The Morgan fingerprint density at radius 3 is 2.08 bits per heavy atom. The predicted molar refractivity (Wildman–Crippen MR) is 87.2 cm³/mol. The van der Waals surface area contributed by atoms with Gasteiger partial charge >= 0.3 is 0 Å². The average molecular weight is 373 g/mol. The maximum Gasteiger partial charge on any atom is 0.248 e. The molecular formula is C14H19N3O5S2. The molecule has 24 heavy (non-hydrogen) atoms. The molecule has 0 spiro atoms. The molecule has 0 radical (unpaired) electrons. The van der Waals surface area contributed by atoms with Crippen molar-refractivity contribution >= 4 is 20.0 Å². The number of sulfonamides is 2. The number of hydrogen-bond acceptors (Lipinski definition) is 6. The van der Waals surface area contributed by atoms with Gasteiger partial charge < -0.3 is 4.52 Å². The second-order valence-electron chi connectivity index (χ2n) is 5.46. The van der Waals surface area contributed by atoms with Crippen LogP contribution in [0.1, 0.15) is 30.0 Å². The lowest BCUT2D eigenvalue weighted by Gasteiger charge is -2.24. The van der Waals surface area contributed by atoms with Crippen LogP contribution in [0.5, 0.6) is 0 Å². The van der Waals surface area contributed by atoms with E-state index in [1.807, 2.05) is 0 Å². The molecule has 132 valence electrons. The number of rotatable bonds is 5. The minimum Gasteiger partial charge on any atom is -0.360 e. The van der Waals surface area contributed by atoms with E-state index in [0.29, 0.717) is 5.56 Å². The third kappa shape index (κ3) is 3.36. The number of nitrogens with two attached hydrogens (primary N) is 1. The Bertz CT molecular complexity index is 927. The Hall–Kier alpha value is -1.75. The smallest absolute Gasteiger partial charge is 0.248 e. The van der Waals surface area contributed by atoms with Gasteiger partial charge in [0.1, 0.15) is 10.6 Å². The van der Waals surface area contributed by atoms with Crippen LogP contribution in [0.25, 0.3) is 0 Å². The molecule has 0 saturated carbocycles. The van der Waals surface area contributed by atoms with Crippen LogP contribution < -0.4 is 5.14 Å². The number of hydrogen-bond donors (Lipinski definition) is 1. The van der Waals surface area contributed by atoms with E-state index in [-0.39, 0.29) is 21.2 Å². The van der Waals surface area contributed by atoms with E-state index < -0.39 is 26.1 Å². The van der Waals surface area contributed by atoms with Gasteiger partial charge in [0.25, 0.3) is 0 Å². The topological polar surface area (TPSA) is 124 Å². The average Bonchev–Trinajstić information content (AvgIpc) is 2.84. The minimum absolute atomic E-state index is 0.0327. The van der Waals surface area contributed by atoms with E-state index >= 15 is 0 Å². The van der Waals surface area contributed by atoms with Gasteiger partial charge in [-0.3, -0.25) is 0 Å². The standard InChI is InChI=1S/C14H19N3O5S2/c1-9-14(11(3)22-16-9)24(20,21)17(4)10(2)12-5-7-13(8-6-12)23(15,18)19/h5-8,10H,1-4H3,(H2,15,18,19). The maximum atomic E-state index is 12.8. The van der Waals surface area contributed by atoms with E-state index in [1.165, 1.54) is 42.5 Å². The van der Waals surface area contributed by atoms with Gasteiger partial charge in [0, 0.05) is 13.1 Å². The van der Waals surface area contributed by atoms with Crippen molar-refractivity contribution in [2.45, 2.75) is 36.6 Å². The molecule has 8 nitrogen and oxygen atoms in total. The van der Waals surface area contributed by atoms with Crippen molar-refractivity contribution in [2.24, 2.45) is 5.14 Å². The van der Waals surface area contributed by atoms with E-state index in [2.05, 4.69) is 5.16 Å². The first kappa shape index (κ1) is 18.6. The SMILES string of the molecule is Cc1noc(C)c1S(=O)(=O)N(C)C(C)c1ccc(S(N)(=O)=O)cc1. The summed E-state index contributed by atoms with van der Waals surface area (Å²) < 4.78 is 54.3. The highest BCUT2D eigenvalue weighted by Gasteiger charge is 2.32. The largest absolute Gasteiger partial charge is 0.360 e. The zero-order chi connectivity index (χ0) is 18.3. The summed E-state index contributed by atoms with van der Waals surface area (Å²) in [5, 5.41) is 8.73. The highest BCUT2D eigenvalue weighted by molar-refractivity contribution is 7.89. The third-order valence-electron chi connectivity index (χ3n) is 3.84. The van der Waals surface area contributed by atoms with Crippen molar-refractivity contribution in [3.63, 3.8) is 0 Å². The first-order valence-corrected chi connectivity index (χ1v) is 9.98. The van der Waals surface area contributed by atoms with Crippen LogP contribution in [0.15, 0.2) is 38.6 Å². The summed E-state index contributed by atoms with van der Waals surface area (Å²) in [6, 6.07) is 5.22. The van der Waals surface area contributed by atoms with Crippen molar-refractivity contribution in [1.82, 2.24) is 9.46 Å². The van der Waals surface area contributed by atoms with Crippen LogP contribution in [0.2, 0.25) is 0 Å². The van der Waals surface area contributed by atoms with Crippen LogP contribution in [0.4, 0.5) is 0 Å². The van der Waals surface area contributed by atoms with Gasteiger partial charge in [-0.05, 0) is 38.5 Å². The summed E-state index contributed by atoms with van der Waals surface area (Å²) in [6.45, 7) is 4.79. The Balaban J connectivity index is 2.37. The monoisotopic (exact) mass is 373 g/mol. The second-order valence-corrected chi connectivity index (χ2v) is 8.96. The molecule has 1 atom stereocenters. The molecule has 0 saturated heterocycles. The number of benzene rings is 1. The van der Waals surface area contributed by atoms with Crippen LogP contribution in [0, 0.1) is 13.8 Å². The molecule has 2 aromatic rings. The van der Waals surface area contributed by atoms with Crippen LogP contribution in [-0.4, -0.2) is 33.3 Å². The number of aromatic nitrogens is 1. The quantitative estimate of drug-likeness (QED) is 0.843. The van der Waals surface area contributed by atoms with Crippen LogP contribution in [0.3, 0.4) is 0 Å². The predicted octanol–water partition coefficient (Wildman–Crippen LogP) is 1.32. The van der Waals surface area contributed by atoms with Crippen molar-refractivity contribution < 1.29 is 21.4 Å². The van der Waals surface area contributed by atoms with Crippen LogP contribution >= 0.6 is 0 Å². The fraction of sp³-hybridized carbons (Fsp3) is 0.357. The van der Waals surface area contributed by atoms with Crippen molar-refractivity contribution in [2.75, 3.05) is 7.05 Å². The van der Waals surface area contributed by atoms with E-state index in [1.54, 1.807) is 13.8 Å². The Labute approximate surface area is 141 Å². The zero-order valence-electron chi connectivity index (χ0n) is 13.7. The summed E-state index contributed by atoms with van der Waals surface area (Å²) in [5.41, 5.74) is 0.913. The third-order valence-corrected chi connectivity index (χ3v) is 6.94. The minimum atomic E-state index is -3.81. The van der Waals surface area contributed by atoms with Crippen molar-refractivity contribution in [3.05, 3.63) is 41.3 Å². The lowest BCUT2D eigenvalue weighted by molar-refractivity contribution is 0.384. The second kappa shape index (κ2) is 6.28. The van der Waals surface area contributed by atoms with Crippen LogP contribution in [-0.2, 0) is 20.0 Å². The normalized spacial score (nSPS) is 14.1.